The molecule has 1 fully saturated rings. The number of benzene rings is 1. The van der Waals surface area contributed by atoms with Gasteiger partial charge in [-0.1, -0.05) is 0 Å². The van der Waals surface area contributed by atoms with Gasteiger partial charge in [0.2, 0.25) is 11.8 Å². The second-order valence-electron chi connectivity index (χ2n) is 8.83. The first-order valence-electron chi connectivity index (χ1n) is 11.5. The maximum atomic E-state index is 9.19. The van der Waals surface area contributed by atoms with Gasteiger partial charge in [0.1, 0.15) is 0 Å². The zero-order valence-corrected chi connectivity index (χ0v) is 21.4. The van der Waals surface area contributed by atoms with E-state index in [9.17, 15) is 8.42 Å². The summed E-state index contributed by atoms with van der Waals surface area (Å²) >= 11 is 0. The number of imidazole rings is 1. The number of fused-ring (bicyclic) bond motifs is 2. The van der Waals surface area contributed by atoms with Gasteiger partial charge in [-0.15, -0.1) is 0 Å². The van der Waals surface area contributed by atoms with Gasteiger partial charge < -0.3 is 24.8 Å². The molecule has 1 aliphatic rings. The van der Waals surface area contributed by atoms with Crippen LogP contribution in [0.2, 0.25) is 0 Å². The minimum Gasteiger partial charge on any atom is -0.473 e. The Bertz CT molecular complexity index is 1440. The van der Waals surface area contributed by atoms with Crippen LogP contribution in [-0.2, 0) is 10.1 Å². The molecule has 36 heavy (non-hydrogen) atoms. The Morgan fingerprint density at radius 2 is 1.83 bits per heavy atom. The largest absolute Gasteiger partial charge is 0.473 e. The highest BCUT2D eigenvalue weighted by Crippen LogP contribution is 2.30. The van der Waals surface area contributed by atoms with E-state index in [-0.39, 0.29) is 6.10 Å². The van der Waals surface area contributed by atoms with Gasteiger partial charge in [0.25, 0.3) is 10.1 Å². The van der Waals surface area contributed by atoms with Crippen LogP contribution in [0.15, 0.2) is 36.8 Å². The molecule has 192 valence electrons. The van der Waals surface area contributed by atoms with E-state index in [1.807, 2.05) is 32.2 Å². The van der Waals surface area contributed by atoms with Crippen LogP contribution in [0.3, 0.4) is 0 Å². The van der Waals surface area contributed by atoms with Crippen LogP contribution in [-0.4, -0.2) is 88.4 Å². The number of nitrogens with one attached hydrogen (secondary N) is 2. The number of likely N-dealkylation sites (N-methyl/N-ethyl adjacent to an activating group) is 1. The summed E-state index contributed by atoms with van der Waals surface area (Å²) in [6, 6.07) is 8.22. The molecular formula is C23H30N8O4S. The maximum Gasteiger partial charge on any atom is 0.261 e. The SMILES string of the molecule is CC(C)Oc1nc(Nc2ccc3nccc(N4CCN(C)CC4)c3c2)nc2[nH]cnc12.CS(=O)(=O)O. The number of hydrogen-bond donors (Lipinski definition) is 3. The van der Waals surface area contributed by atoms with E-state index >= 15 is 0 Å². The fourth-order valence-corrected chi connectivity index (χ4v) is 3.83. The van der Waals surface area contributed by atoms with Gasteiger partial charge >= 0.3 is 0 Å². The molecule has 0 radical (unpaired) electrons. The lowest BCUT2D eigenvalue weighted by Gasteiger charge is -2.34. The Kier molecular flexibility index (Phi) is 7.52. The van der Waals surface area contributed by atoms with Crippen molar-refractivity contribution in [1.82, 2.24) is 29.8 Å². The van der Waals surface area contributed by atoms with Gasteiger partial charge in [0.15, 0.2) is 11.2 Å². The van der Waals surface area contributed by atoms with E-state index in [1.165, 1.54) is 5.69 Å². The van der Waals surface area contributed by atoms with Crippen molar-refractivity contribution in [2.75, 3.05) is 49.7 Å². The van der Waals surface area contributed by atoms with Crippen molar-refractivity contribution in [3.63, 3.8) is 0 Å². The minimum absolute atomic E-state index is 0.0134. The Morgan fingerprint density at radius 1 is 1.11 bits per heavy atom. The summed E-state index contributed by atoms with van der Waals surface area (Å²) in [7, 11) is -1.50. The smallest absolute Gasteiger partial charge is 0.261 e. The molecule has 4 aromatic rings. The summed E-state index contributed by atoms with van der Waals surface area (Å²) in [4.78, 5) is 25.7. The number of ether oxygens (including phenoxy) is 1. The average molecular weight is 515 g/mol. The van der Waals surface area contributed by atoms with Crippen LogP contribution in [0.25, 0.3) is 22.1 Å². The van der Waals surface area contributed by atoms with Crippen molar-refractivity contribution in [2.45, 2.75) is 20.0 Å². The van der Waals surface area contributed by atoms with E-state index in [1.54, 1.807) is 6.33 Å². The standard InChI is InChI=1S/C22H26N8O.CH4O3S/c1-14(2)31-21-19-20(25-13-24-19)27-22(28-21)26-15-4-5-17-16(12-15)18(6-7-23-17)30-10-8-29(3)9-11-30;1-5(2,3)4/h4-7,12-14H,8-11H2,1-3H3,(H2,24,25,26,27,28);1H3,(H,2,3,4). The molecule has 5 rings (SSSR count). The second kappa shape index (κ2) is 10.6. The third kappa shape index (κ3) is 6.56. The Morgan fingerprint density at radius 3 is 2.53 bits per heavy atom. The predicted octanol–water partition coefficient (Wildman–Crippen LogP) is 2.69. The number of anilines is 3. The maximum absolute atomic E-state index is 9.19. The molecule has 0 amide bonds. The zero-order valence-electron chi connectivity index (χ0n) is 20.6. The highest BCUT2D eigenvalue weighted by molar-refractivity contribution is 7.85. The molecule has 0 unspecified atom stereocenters. The summed E-state index contributed by atoms with van der Waals surface area (Å²) in [6.07, 6.45) is 4.18. The van der Waals surface area contributed by atoms with Crippen molar-refractivity contribution in [2.24, 2.45) is 0 Å². The first-order chi connectivity index (χ1) is 17.1. The predicted molar refractivity (Wildman–Crippen MR) is 140 cm³/mol. The monoisotopic (exact) mass is 514 g/mol. The summed E-state index contributed by atoms with van der Waals surface area (Å²) < 4.78 is 31.7. The van der Waals surface area contributed by atoms with E-state index < -0.39 is 10.1 Å². The number of rotatable bonds is 5. The van der Waals surface area contributed by atoms with Gasteiger partial charge in [0, 0.05) is 49.1 Å². The number of pyridine rings is 1. The number of aromatic nitrogens is 5. The van der Waals surface area contributed by atoms with Crippen LogP contribution >= 0.6 is 0 Å². The average Bonchev–Trinajstić information content (AvgIpc) is 3.27. The summed E-state index contributed by atoms with van der Waals surface area (Å²) in [5, 5.41) is 4.43. The molecular weight excluding hydrogens is 484 g/mol. The zero-order chi connectivity index (χ0) is 25.9. The van der Waals surface area contributed by atoms with Crippen LogP contribution in [0, 0.1) is 0 Å². The van der Waals surface area contributed by atoms with Crippen molar-refractivity contribution in [3.05, 3.63) is 36.8 Å². The third-order valence-corrected chi connectivity index (χ3v) is 5.41. The summed E-state index contributed by atoms with van der Waals surface area (Å²) in [5.74, 6) is 0.918. The molecule has 1 aromatic carbocycles. The van der Waals surface area contributed by atoms with Crippen LogP contribution in [0.4, 0.5) is 17.3 Å². The first kappa shape index (κ1) is 25.5. The Labute approximate surface area is 209 Å². The quantitative estimate of drug-likeness (QED) is 0.337. The molecule has 3 aromatic heterocycles. The van der Waals surface area contributed by atoms with E-state index in [2.05, 4.69) is 59.2 Å². The summed E-state index contributed by atoms with van der Waals surface area (Å²) in [5.41, 5.74) is 4.32. The lowest BCUT2D eigenvalue weighted by Crippen LogP contribution is -2.44. The van der Waals surface area contributed by atoms with Crippen LogP contribution in [0.1, 0.15) is 13.8 Å². The van der Waals surface area contributed by atoms with Gasteiger partial charge in [0.05, 0.1) is 24.2 Å². The molecule has 0 aliphatic carbocycles. The molecule has 0 spiro atoms. The molecule has 12 nitrogen and oxygen atoms in total. The molecule has 1 saturated heterocycles. The normalized spacial score (nSPS) is 14.7. The highest BCUT2D eigenvalue weighted by atomic mass is 32.2. The van der Waals surface area contributed by atoms with Crippen molar-refractivity contribution >= 4 is 49.5 Å². The van der Waals surface area contributed by atoms with Crippen molar-refractivity contribution < 1.29 is 17.7 Å². The van der Waals surface area contributed by atoms with Gasteiger partial charge in [-0.3, -0.25) is 9.54 Å². The van der Waals surface area contributed by atoms with E-state index in [0.717, 1.165) is 42.8 Å². The molecule has 0 atom stereocenters. The molecule has 0 bridgehead atoms. The lowest BCUT2D eigenvalue weighted by molar-refractivity contribution is 0.235. The Balaban J connectivity index is 0.000000556. The fourth-order valence-electron chi connectivity index (χ4n) is 3.83. The molecule has 0 saturated carbocycles. The number of H-pyrrole nitrogens is 1. The summed E-state index contributed by atoms with van der Waals surface area (Å²) in [6.45, 7) is 8.04. The lowest BCUT2D eigenvalue weighted by atomic mass is 10.1. The van der Waals surface area contributed by atoms with E-state index in [4.69, 9.17) is 9.29 Å². The second-order valence-corrected chi connectivity index (χ2v) is 10.3. The number of piperazine rings is 1. The number of hydrogen-bond acceptors (Lipinski definition) is 10. The van der Waals surface area contributed by atoms with Crippen LogP contribution < -0.4 is 15.0 Å². The number of nitrogens with zero attached hydrogens (tertiary/aromatic N) is 6. The molecule has 13 heteroatoms. The molecule has 4 heterocycles. The Hall–Kier alpha value is -3.55. The van der Waals surface area contributed by atoms with Gasteiger partial charge in [-0.25, -0.2) is 4.98 Å². The topological polar surface area (TPSA) is 149 Å². The fraction of sp³-hybridized carbons (Fsp3) is 0.391. The van der Waals surface area contributed by atoms with Gasteiger partial charge in [-0.05, 0) is 45.2 Å². The van der Waals surface area contributed by atoms with Crippen molar-refractivity contribution in [3.8, 4) is 5.88 Å². The van der Waals surface area contributed by atoms with Crippen LogP contribution in [0.5, 0.6) is 5.88 Å². The van der Waals surface area contributed by atoms with Gasteiger partial charge in [-0.2, -0.15) is 18.4 Å². The number of aromatic amines is 1. The first-order valence-corrected chi connectivity index (χ1v) is 13.3. The minimum atomic E-state index is -3.67. The molecule has 1 aliphatic heterocycles. The highest BCUT2D eigenvalue weighted by Gasteiger charge is 2.17. The van der Waals surface area contributed by atoms with E-state index in [0.29, 0.717) is 29.2 Å². The molecule has 3 N–H and O–H groups in total. The third-order valence-electron chi connectivity index (χ3n) is 5.41. The van der Waals surface area contributed by atoms with Crippen molar-refractivity contribution in [1.29, 1.82) is 0 Å².